The van der Waals surface area contributed by atoms with Crippen LogP contribution in [0.4, 0.5) is 0 Å². The first-order chi connectivity index (χ1) is 16.3. The van der Waals surface area contributed by atoms with E-state index in [4.69, 9.17) is 4.74 Å². The summed E-state index contributed by atoms with van der Waals surface area (Å²) in [5.74, 6) is -1.97. The van der Waals surface area contributed by atoms with Gasteiger partial charge in [-0.05, 0) is 37.8 Å². The van der Waals surface area contributed by atoms with Crippen LogP contribution in [-0.4, -0.2) is 64.8 Å². The molecule has 0 saturated carbocycles. The molecule has 0 bridgehead atoms. The van der Waals surface area contributed by atoms with Crippen molar-refractivity contribution in [3.05, 3.63) is 71.8 Å². The Morgan fingerprint density at radius 1 is 0.971 bits per heavy atom. The highest BCUT2D eigenvalue weighted by molar-refractivity contribution is 5.85. The Labute approximate surface area is 201 Å². The highest BCUT2D eigenvalue weighted by Gasteiger charge is 2.31. The summed E-state index contributed by atoms with van der Waals surface area (Å²) in [4.78, 5) is 37.5. The molecule has 0 aliphatic carbocycles. The lowest BCUT2D eigenvalue weighted by Gasteiger charge is -2.35. The van der Waals surface area contributed by atoms with Gasteiger partial charge >= 0.3 is 11.9 Å². The molecule has 0 aliphatic heterocycles. The summed E-state index contributed by atoms with van der Waals surface area (Å²) in [7, 11) is 0. The first-order valence-corrected chi connectivity index (χ1v) is 11.6. The molecule has 2 rings (SSSR count). The minimum atomic E-state index is -1.11. The summed E-state index contributed by atoms with van der Waals surface area (Å²) >= 11 is 0. The zero-order valence-corrected chi connectivity index (χ0v) is 20.1. The van der Waals surface area contributed by atoms with Crippen LogP contribution in [0.2, 0.25) is 0 Å². The molecular formula is C26H35N3O5. The van der Waals surface area contributed by atoms with Gasteiger partial charge in [-0.25, -0.2) is 5.01 Å². The van der Waals surface area contributed by atoms with Gasteiger partial charge in [0.05, 0.1) is 12.6 Å². The van der Waals surface area contributed by atoms with Gasteiger partial charge in [-0.2, -0.15) is 0 Å². The van der Waals surface area contributed by atoms with Gasteiger partial charge in [0.25, 0.3) is 5.91 Å². The maximum absolute atomic E-state index is 13.4. The van der Waals surface area contributed by atoms with Crippen LogP contribution in [0.5, 0.6) is 0 Å². The molecule has 8 nitrogen and oxygen atoms in total. The van der Waals surface area contributed by atoms with Gasteiger partial charge in [-0.3, -0.25) is 24.7 Å². The number of aliphatic carboxylic acids is 1. The number of hydrazine groups is 1. The molecule has 0 aromatic heterocycles. The summed E-state index contributed by atoms with van der Waals surface area (Å²) in [5, 5.41) is 15.5. The van der Waals surface area contributed by atoms with Crippen LogP contribution in [0, 0.1) is 0 Å². The summed E-state index contributed by atoms with van der Waals surface area (Å²) in [6.45, 7) is 5.83. The molecular weight excluding hydrogens is 434 g/mol. The lowest BCUT2D eigenvalue weighted by Crippen LogP contribution is -2.56. The fourth-order valence-electron chi connectivity index (χ4n) is 3.67. The third kappa shape index (κ3) is 8.61. The van der Waals surface area contributed by atoms with Crippen molar-refractivity contribution in [2.24, 2.45) is 0 Å². The van der Waals surface area contributed by atoms with Gasteiger partial charge < -0.3 is 9.84 Å². The summed E-state index contributed by atoms with van der Waals surface area (Å²) in [6, 6.07) is 17.8. The smallest absolute Gasteiger partial charge is 0.324 e. The van der Waals surface area contributed by atoms with Crippen molar-refractivity contribution in [1.82, 2.24) is 15.3 Å². The number of aryl methyl sites for hydroxylation is 1. The molecule has 0 heterocycles. The standard InChI is InChI=1S/C26H35N3O5/c1-4-28(18-22-14-10-7-11-15-22)29(19-24(30)31)25(32)20(3)27-23(26(33)34-5-2)17-16-21-12-8-6-9-13-21/h6-15,20,23,27H,4-5,16-19H2,1-3H3,(H,30,31)/t20-,23-/m0/s1. The third-order valence-electron chi connectivity index (χ3n) is 5.41. The number of carbonyl (C=O) groups is 3. The molecule has 0 unspecified atom stereocenters. The van der Waals surface area contributed by atoms with E-state index in [1.54, 1.807) is 18.9 Å². The maximum atomic E-state index is 13.4. The fraction of sp³-hybridized carbons (Fsp3) is 0.423. The van der Waals surface area contributed by atoms with E-state index in [1.807, 2.05) is 67.6 Å². The number of hydrogen-bond donors (Lipinski definition) is 2. The molecule has 8 heteroatoms. The van der Waals surface area contributed by atoms with Crippen LogP contribution in [0.15, 0.2) is 60.7 Å². The highest BCUT2D eigenvalue weighted by atomic mass is 16.5. The molecule has 2 N–H and O–H groups in total. The lowest BCUT2D eigenvalue weighted by molar-refractivity contribution is -0.162. The van der Waals surface area contributed by atoms with E-state index in [0.717, 1.165) is 11.1 Å². The van der Waals surface area contributed by atoms with Gasteiger partial charge in [0, 0.05) is 13.1 Å². The SMILES string of the molecule is CCOC(=O)[C@H](CCc1ccccc1)N[C@@H](C)C(=O)N(CC(=O)O)N(CC)Cc1ccccc1. The van der Waals surface area contributed by atoms with E-state index in [9.17, 15) is 19.5 Å². The molecule has 184 valence electrons. The van der Waals surface area contributed by atoms with E-state index in [0.29, 0.717) is 25.9 Å². The van der Waals surface area contributed by atoms with Crippen LogP contribution in [0.1, 0.15) is 38.3 Å². The molecule has 2 aromatic rings. The first-order valence-electron chi connectivity index (χ1n) is 11.6. The zero-order valence-electron chi connectivity index (χ0n) is 20.1. The predicted octanol–water partition coefficient (Wildman–Crippen LogP) is 2.88. The van der Waals surface area contributed by atoms with E-state index in [-0.39, 0.29) is 6.61 Å². The second kappa shape index (κ2) is 14.1. The van der Waals surface area contributed by atoms with Gasteiger partial charge in [-0.1, -0.05) is 67.6 Å². The average molecular weight is 470 g/mol. The molecule has 0 saturated heterocycles. The van der Waals surface area contributed by atoms with Crippen LogP contribution >= 0.6 is 0 Å². The van der Waals surface area contributed by atoms with Crippen LogP contribution in [0.25, 0.3) is 0 Å². The minimum absolute atomic E-state index is 0.233. The number of carboxylic acids is 1. The number of esters is 1. The Bertz CT molecular complexity index is 907. The third-order valence-corrected chi connectivity index (χ3v) is 5.41. The first kappa shape index (κ1) is 27.0. The van der Waals surface area contributed by atoms with Gasteiger partial charge in [0.15, 0.2) is 0 Å². The number of rotatable bonds is 14. The Hall–Kier alpha value is -3.23. The Morgan fingerprint density at radius 2 is 1.56 bits per heavy atom. The number of carbonyl (C=O) groups excluding carboxylic acids is 2. The van der Waals surface area contributed by atoms with E-state index in [2.05, 4.69) is 5.32 Å². The second-order valence-corrected chi connectivity index (χ2v) is 7.97. The molecule has 34 heavy (non-hydrogen) atoms. The highest BCUT2D eigenvalue weighted by Crippen LogP contribution is 2.12. The summed E-state index contributed by atoms with van der Waals surface area (Å²) in [5.41, 5.74) is 2.03. The maximum Gasteiger partial charge on any atom is 0.324 e. The monoisotopic (exact) mass is 469 g/mol. The Balaban J connectivity index is 2.15. The minimum Gasteiger partial charge on any atom is -0.480 e. The van der Waals surface area contributed by atoms with Crippen molar-refractivity contribution in [3.63, 3.8) is 0 Å². The average Bonchev–Trinajstić information content (AvgIpc) is 2.84. The number of nitrogens with zero attached hydrogens (tertiary/aromatic N) is 2. The fourth-order valence-corrected chi connectivity index (χ4v) is 3.67. The van der Waals surface area contributed by atoms with E-state index < -0.39 is 36.5 Å². The molecule has 0 radical (unpaired) electrons. The summed E-state index contributed by atoms with van der Waals surface area (Å²) in [6.07, 6.45) is 1.08. The predicted molar refractivity (Wildman–Crippen MR) is 130 cm³/mol. The Morgan fingerprint density at radius 3 is 2.09 bits per heavy atom. The number of ether oxygens (including phenoxy) is 1. The van der Waals surface area contributed by atoms with Crippen molar-refractivity contribution in [3.8, 4) is 0 Å². The molecule has 0 aliphatic rings. The number of hydrogen-bond acceptors (Lipinski definition) is 6. The normalized spacial score (nSPS) is 12.7. The van der Waals surface area contributed by atoms with E-state index >= 15 is 0 Å². The molecule has 2 atom stereocenters. The number of carboxylic acid groups (broad SMARTS) is 1. The van der Waals surface area contributed by atoms with E-state index in [1.165, 1.54) is 5.01 Å². The molecule has 2 aromatic carbocycles. The van der Waals surface area contributed by atoms with Crippen LogP contribution < -0.4 is 5.32 Å². The van der Waals surface area contributed by atoms with Crippen LogP contribution in [-0.2, 0) is 32.1 Å². The quantitative estimate of drug-likeness (QED) is 0.324. The summed E-state index contributed by atoms with van der Waals surface area (Å²) < 4.78 is 5.21. The number of benzene rings is 2. The molecule has 1 amide bonds. The Kier molecular flexibility index (Phi) is 11.2. The molecule has 0 spiro atoms. The topological polar surface area (TPSA) is 99.2 Å². The van der Waals surface area contributed by atoms with Crippen LogP contribution in [0.3, 0.4) is 0 Å². The lowest BCUT2D eigenvalue weighted by atomic mass is 10.0. The van der Waals surface area contributed by atoms with Crippen molar-refractivity contribution in [1.29, 1.82) is 0 Å². The van der Waals surface area contributed by atoms with Gasteiger partial charge in [-0.15, -0.1) is 0 Å². The second-order valence-electron chi connectivity index (χ2n) is 7.97. The number of nitrogens with one attached hydrogen (secondary N) is 1. The largest absolute Gasteiger partial charge is 0.480 e. The van der Waals surface area contributed by atoms with Crippen molar-refractivity contribution >= 4 is 17.8 Å². The molecule has 0 fully saturated rings. The van der Waals surface area contributed by atoms with Crippen molar-refractivity contribution in [2.75, 3.05) is 19.7 Å². The van der Waals surface area contributed by atoms with Gasteiger partial charge in [0.1, 0.15) is 12.6 Å². The van der Waals surface area contributed by atoms with Gasteiger partial charge in [0.2, 0.25) is 0 Å². The van der Waals surface area contributed by atoms with Crippen molar-refractivity contribution < 1.29 is 24.2 Å². The zero-order chi connectivity index (χ0) is 24.9. The van der Waals surface area contributed by atoms with Crippen molar-refractivity contribution in [2.45, 2.75) is 52.2 Å². The number of amides is 1.